The van der Waals surface area contributed by atoms with Crippen molar-refractivity contribution < 1.29 is 14.3 Å². The van der Waals surface area contributed by atoms with Gasteiger partial charge in [-0.25, -0.2) is 0 Å². The fourth-order valence-corrected chi connectivity index (χ4v) is 5.05. The van der Waals surface area contributed by atoms with E-state index in [4.69, 9.17) is 9.47 Å². The van der Waals surface area contributed by atoms with E-state index in [-0.39, 0.29) is 17.8 Å². The lowest BCUT2D eigenvalue weighted by molar-refractivity contribution is -0.204. The average molecular weight is 340 g/mol. The van der Waals surface area contributed by atoms with E-state index in [1.165, 1.54) is 17.6 Å². The van der Waals surface area contributed by atoms with Crippen LogP contribution in [0.15, 0.2) is 41.5 Å². The second kappa shape index (κ2) is 7.05. The Morgan fingerprint density at radius 1 is 1.08 bits per heavy atom. The topological polar surface area (TPSA) is 35.5 Å². The number of ether oxygens (including phenoxy) is 2. The van der Waals surface area contributed by atoms with Gasteiger partial charge in [-0.1, -0.05) is 35.9 Å². The molecule has 134 valence electrons. The summed E-state index contributed by atoms with van der Waals surface area (Å²) in [5, 5.41) is 0. The summed E-state index contributed by atoms with van der Waals surface area (Å²) in [5.74, 6) is 0.316. The van der Waals surface area contributed by atoms with Crippen molar-refractivity contribution in [3.63, 3.8) is 0 Å². The van der Waals surface area contributed by atoms with Crippen molar-refractivity contribution in [1.29, 1.82) is 0 Å². The molecule has 1 aromatic carbocycles. The Hall–Kier alpha value is -1.45. The molecule has 0 amide bonds. The first-order chi connectivity index (χ1) is 12.2. The summed E-state index contributed by atoms with van der Waals surface area (Å²) in [6.07, 6.45) is 7.93. The summed E-state index contributed by atoms with van der Waals surface area (Å²) in [6.45, 7) is 2.82. The maximum absolute atomic E-state index is 12.4. The molecule has 0 bridgehead atoms. The van der Waals surface area contributed by atoms with Crippen molar-refractivity contribution in [3.8, 4) is 0 Å². The molecule has 0 spiro atoms. The third kappa shape index (κ3) is 2.98. The molecule has 4 rings (SSSR count). The number of Topliss-reactive ketones (excluding diaryl/α,β-unsaturated/α-hetero) is 1. The van der Waals surface area contributed by atoms with Gasteiger partial charge in [0.25, 0.3) is 0 Å². The van der Waals surface area contributed by atoms with Crippen LogP contribution in [0.25, 0.3) is 0 Å². The highest BCUT2D eigenvalue weighted by Gasteiger charge is 2.50. The third-order valence-corrected chi connectivity index (χ3v) is 6.34. The van der Waals surface area contributed by atoms with Crippen LogP contribution in [0, 0.1) is 0 Å². The zero-order valence-electron chi connectivity index (χ0n) is 15.1. The molecule has 0 N–H and O–H groups in total. The van der Waals surface area contributed by atoms with Crippen LogP contribution in [0.5, 0.6) is 0 Å². The predicted octanol–water partition coefficient (Wildman–Crippen LogP) is 4.70. The van der Waals surface area contributed by atoms with Crippen LogP contribution in [0.4, 0.5) is 0 Å². The number of carbonyl (C=O) groups excluding carboxylic acids is 1. The molecule has 1 saturated carbocycles. The fourth-order valence-electron chi connectivity index (χ4n) is 5.05. The normalized spacial score (nSPS) is 33.2. The number of allylic oxidation sites excluding steroid dienone is 1. The smallest absolute Gasteiger partial charge is 0.158 e. The Bertz CT molecular complexity index is 657. The van der Waals surface area contributed by atoms with E-state index in [0.717, 1.165) is 50.7 Å². The molecule has 1 aromatic rings. The molecule has 3 aliphatic rings. The predicted molar refractivity (Wildman–Crippen MR) is 97.4 cm³/mol. The van der Waals surface area contributed by atoms with Crippen LogP contribution in [0.1, 0.15) is 63.9 Å². The van der Waals surface area contributed by atoms with Crippen molar-refractivity contribution in [3.05, 3.63) is 47.0 Å². The van der Waals surface area contributed by atoms with Gasteiger partial charge in [-0.15, -0.1) is 0 Å². The maximum Gasteiger partial charge on any atom is 0.158 e. The molecule has 2 fully saturated rings. The minimum atomic E-state index is -0.154. The van der Waals surface area contributed by atoms with Crippen LogP contribution in [0.2, 0.25) is 0 Å². The van der Waals surface area contributed by atoms with Gasteiger partial charge in [0.15, 0.2) is 12.1 Å². The molecule has 1 unspecified atom stereocenters. The Morgan fingerprint density at radius 2 is 1.92 bits per heavy atom. The summed E-state index contributed by atoms with van der Waals surface area (Å²) in [6, 6.07) is 10.7. The van der Waals surface area contributed by atoms with Crippen LogP contribution >= 0.6 is 0 Å². The van der Waals surface area contributed by atoms with Crippen molar-refractivity contribution >= 4 is 5.78 Å². The fraction of sp³-hybridized carbons (Fsp3) is 0.591. The highest BCUT2D eigenvalue weighted by molar-refractivity contribution is 5.97. The first-order valence-electron chi connectivity index (χ1n) is 9.78. The standard InChI is InChI=1S/C22H28O3/c1-16-18-10-7-11-20(25-21-12-5-6-15-24-21)22(18,14-13-19(16)23)17-8-3-2-4-9-17/h2-4,8-9,20-21H,5-7,10-15H2,1H3/t20-,21?,22+/m0/s1. The molecule has 3 nitrogen and oxygen atoms in total. The number of fused-ring (bicyclic) bond motifs is 1. The summed E-state index contributed by atoms with van der Waals surface area (Å²) in [5.41, 5.74) is 3.45. The number of benzene rings is 1. The van der Waals surface area contributed by atoms with Gasteiger partial charge >= 0.3 is 0 Å². The van der Waals surface area contributed by atoms with Crippen LogP contribution in [-0.4, -0.2) is 24.8 Å². The van der Waals surface area contributed by atoms with Crippen molar-refractivity contribution in [2.75, 3.05) is 6.61 Å². The monoisotopic (exact) mass is 340 g/mol. The van der Waals surface area contributed by atoms with Crippen molar-refractivity contribution in [2.45, 2.75) is 76.1 Å². The Kier molecular flexibility index (Phi) is 4.79. The SMILES string of the molecule is CC1=C2CCC[C@H](OC3CCCCO3)[C@@]2(c2ccccc2)CCC1=O. The van der Waals surface area contributed by atoms with Crippen molar-refractivity contribution in [2.24, 2.45) is 0 Å². The average Bonchev–Trinajstić information content (AvgIpc) is 2.67. The molecule has 0 radical (unpaired) electrons. The van der Waals surface area contributed by atoms with Crippen LogP contribution < -0.4 is 0 Å². The molecule has 3 atom stereocenters. The highest BCUT2D eigenvalue weighted by atomic mass is 16.7. The van der Waals surface area contributed by atoms with Gasteiger partial charge in [-0.3, -0.25) is 4.79 Å². The van der Waals surface area contributed by atoms with Gasteiger partial charge < -0.3 is 9.47 Å². The van der Waals surface area contributed by atoms with Gasteiger partial charge in [0.05, 0.1) is 6.10 Å². The van der Waals surface area contributed by atoms with E-state index >= 15 is 0 Å². The first kappa shape index (κ1) is 17.0. The number of hydrogen-bond acceptors (Lipinski definition) is 3. The molecule has 0 aromatic heterocycles. The lowest BCUT2D eigenvalue weighted by atomic mass is 9.58. The second-order valence-electron chi connectivity index (χ2n) is 7.68. The third-order valence-electron chi connectivity index (χ3n) is 6.34. The van der Waals surface area contributed by atoms with E-state index in [9.17, 15) is 4.79 Å². The number of hydrogen-bond donors (Lipinski definition) is 0. The minimum Gasteiger partial charge on any atom is -0.353 e. The number of rotatable bonds is 3. The van der Waals surface area contributed by atoms with E-state index in [0.29, 0.717) is 12.2 Å². The van der Waals surface area contributed by atoms with Gasteiger partial charge in [0, 0.05) is 18.4 Å². The van der Waals surface area contributed by atoms with E-state index in [1.807, 2.05) is 6.92 Å². The van der Waals surface area contributed by atoms with Gasteiger partial charge in [-0.2, -0.15) is 0 Å². The molecular formula is C22H28O3. The Morgan fingerprint density at radius 3 is 2.68 bits per heavy atom. The molecule has 3 heteroatoms. The van der Waals surface area contributed by atoms with E-state index in [2.05, 4.69) is 30.3 Å². The van der Waals surface area contributed by atoms with E-state index < -0.39 is 0 Å². The Balaban J connectivity index is 1.75. The van der Waals surface area contributed by atoms with Gasteiger partial charge in [0.1, 0.15) is 0 Å². The largest absolute Gasteiger partial charge is 0.353 e. The Labute approximate surface area is 150 Å². The summed E-state index contributed by atoms with van der Waals surface area (Å²) in [4.78, 5) is 12.4. The van der Waals surface area contributed by atoms with E-state index in [1.54, 1.807) is 0 Å². The maximum atomic E-state index is 12.4. The highest BCUT2D eigenvalue weighted by Crippen LogP contribution is 2.52. The molecular weight excluding hydrogens is 312 g/mol. The zero-order chi connectivity index (χ0) is 17.3. The first-order valence-corrected chi connectivity index (χ1v) is 9.78. The summed E-state index contributed by atoms with van der Waals surface area (Å²) in [7, 11) is 0. The molecule has 1 saturated heterocycles. The van der Waals surface area contributed by atoms with Gasteiger partial charge in [-0.05, 0) is 63.0 Å². The number of carbonyl (C=O) groups is 1. The molecule has 1 aliphatic heterocycles. The lowest BCUT2D eigenvalue weighted by Gasteiger charge is -2.50. The molecule has 1 heterocycles. The zero-order valence-corrected chi connectivity index (χ0v) is 15.1. The second-order valence-corrected chi connectivity index (χ2v) is 7.68. The van der Waals surface area contributed by atoms with Gasteiger partial charge in [0.2, 0.25) is 0 Å². The quantitative estimate of drug-likeness (QED) is 0.800. The summed E-state index contributed by atoms with van der Waals surface area (Å²) < 4.78 is 12.5. The van der Waals surface area contributed by atoms with Crippen LogP contribution in [-0.2, 0) is 19.7 Å². The molecule has 25 heavy (non-hydrogen) atoms. The van der Waals surface area contributed by atoms with Crippen molar-refractivity contribution in [1.82, 2.24) is 0 Å². The number of ketones is 1. The minimum absolute atomic E-state index is 0.0865. The van der Waals surface area contributed by atoms with Crippen LogP contribution in [0.3, 0.4) is 0 Å². The molecule has 2 aliphatic carbocycles. The lowest BCUT2D eigenvalue weighted by Crippen LogP contribution is -2.50. The summed E-state index contributed by atoms with van der Waals surface area (Å²) >= 11 is 0.